The molecule has 0 aromatic rings. The van der Waals surface area contributed by atoms with Crippen LogP contribution in [-0.4, -0.2) is 49.3 Å². The number of esters is 2. The fourth-order valence-corrected chi connectivity index (χ4v) is 9.34. The Morgan fingerprint density at radius 3 is 1.06 bits per heavy atom. The van der Waals surface area contributed by atoms with Crippen LogP contribution in [-0.2, 0) is 32.7 Å². The van der Waals surface area contributed by atoms with Crippen molar-refractivity contribution in [1.29, 1.82) is 0 Å². The largest absolute Gasteiger partial charge is 0.472 e. The first-order valence-corrected chi connectivity index (χ1v) is 32.9. The molecule has 0 heterocycles. The van der Waals surface area contributed by atoms with Gasteiger partial charge in [-0.15, -0.1) is 0 Å². The van der Waals surface area contributed by atoms with E-state index in [1.54, 1.807) is 0 Å². The lowest BCUT2D eigenvalue weighted by molar-refractivity contribution is -0.161. The molecule has 0 aromatic carbocycles. The van der Waals surface area contributed by atoms with Crippen LogP contribution in [0.2, 0.25) is 0 Å². The normalized spacial score (nSPS) is 13.8. The summed E-state index contributed by atoms with van der Waals surface area (Å²) >= 11 is 0. The number of nitrogens with two attached hydrogens (primary N) is 1. The molecule has 0 aliphatic rings. The van der Waals surface area contributed by atoms with Crippen molar-refractivity contribution in [3.63, 3.8) is 0 Å². The summed E-state index contributed by atoms with van der Waals surface area (Å²) in [5.41, 5.74) is 5.39. The Kier molecular flexibility index (Phi) is 59.2. The van der Waals surface area contributed by atoms with Gasteiger partial charge in [0.15, 0.2) is 6.10 Å². The van der Waals surface area contributed by atoms with Crippen molar-refractivity contribution in [1.82, 2.24) is 0 Å². The van der Waals surface area contributed by atoms with Crippen molar-refractivity contribution in [2.24, 2.45) is 5.73 Å². The summed E-state index contributed by atoms with van der Waals surface area (Å²) in [6.45, 7) is 3.63. The van der Waals surface area contributed by atoms with Gasteiger partial charge in [0.2, 0.25) is 0 Å². The molecule has 2 atom stereocenters. The highest BCUT2D eigenvalue weighted by Crippen LogP contribution is 2.43. The topological polar surface area (TPSA) is 134 Å². The monoisotopic (exact) mass is 1090 g/mol. The third-order valence-corrected chi connectivity index (χ3v) is 14.2. The number of rotatable bonds is 58. The number of phosphoric ester groups is 1. The van der Waals surface area contributed by atoms with E-state index >= 15 is 0 Å². The van der Waals surface area contributed by atoms with Crippen molar-refractivity contribution >= 4 is 19.8 Å². The summed E-state index contributed by atoms with van der Waals surface area (Å²) in [6, 6.07) is 0. The molecule has 0 aliphatic heterocycles. The minimum atomic E-state index is -4.40. The standard InChI is InChI=1S/C67H116NO8P/c1-3-5-7-9-11-13-15-17-19-21-23-25-27-28-29-30-31-32-33-34-35-36-38-40-42-44-46-48-50-52-54-56-58-60-67(70)76-65(64-75-77(71,72)74-62-61-68)63-73-66(69)59-57-55-53-51-49-47-45-43-41-39-37-26-24-22-20-18-16-14-12-10-8-6-4-2/h5,7,11,13,17,19,23,25,28-29,31-32,34-35,38,40,44,46,65H,3-4,6,8-10,12,14-16,18,20-22,24,26-27,30,33,36-37,39,41-43,45,47-64,68H2,1-2H3,(H,71,72)/b7-5-,13-11-,19-17-,25-23-,29-28-,32-31-,35-34-,40-38-,46-44-. The van der Waals surface area contributed by atoms with E-state index in [0.717, 1.165) is 109 Å². The average molecular weight is 1090 g/mol. The third kappa shape index (κ3) is 61.7. The highest BCUT2D eigenvalue weighted by Gasteiger charge is 2.26. The molecule has 0 amide bonds. The van der Waals surface area contributed by atoms with Crippen molar-refractivity contribution in [3.8, 4) is 0 Å². The summed E-state index contributed by atoms with van der Waals surface area (Å²) in [7, 11) is -4.40. The van der Waals surface area contributed by atoms with Crippen LogP contribution in [0.5, 0.6) is 0 Å². The second-order valence-electron chi connectivity index (χ2n) is 20.6. The summed E-state index contributed by atoms with van der Waals surface area (Å²) in [4.78, 5) is 35.3. The van der Waals surface area contributed by atoms with Crippen molar-refractivity contribution in [2.75, 3.05) is 26.4 Å². The number of hydrogen-bond acceptors (Lipinski definition) is 8. The number of ether oxygens (including phenoxy) is 2. The van der Waals surface area contributed by atoms with Gasteiger partial charge in [0.1, 0.15) is 6.61 Å². The Morgan fingerprint density at radius 2 is 0.714 bits per heavy atom. The molecule has 3 N–H and O–H groups in total. The molecule has 0 bridgehead atoms. The van der Waals surface area contributed by atoms with E-state index in [1.165, 1.54) is 128 Å². The fraction of sp³-hybridized carbons (Fsp3) is 0.701. The van der Waals surface area contributed by atoms with Gasteiger partial charge in [-0.2, -0.15) is 0 Å². The van der Waals surface area contributed by atoms with Crippen molar-refractivity contribution < 1.29 is 37.6 Å². The average Bonchev–Trinajstić information content (AvgIpc) is 3.42. The highest BCUT2D eigenvalue weighted by atomic mass is 31.2. The van der Waals surface area contributed by atoms with Gasteiger partial charge in [-0.1, -0.05) is 284 Å². The molecular formula is C67H116NO8P. The fourth-order valence-electron chi connectivity index (χ4n) is 8.57. The Morgan fingerprint density at radius 1 is 0.403 bits per heavy atom. The second-order valence-corrected chi connectivity index (χ2v) is 22.0. The molecule has 0 aliphatic carbocycles. The van der Waals surface area contributed by atoms with E-state index in [9.17, 15) is 19.0 Å². The number of phosphoric acid groups is 1. The predicted octanol–water partition coefficient (Wildman–Crippen LogP) is 20.2. The number of unbranched alkanes of at least 4 members (excludes halogenated alkanes) is 27. The maximum absolute atomic E-state index is 12.7. The molecule has 2 unspecified atom stereocenters. The molecule has 0 fully saturated rings. The molecule has 0 rings (SSSR count). The molecular weight excluding hydrogens is 978 g/mol. The van der Waals surface area contributed by atoms with Gasteiger partial charge in [0.25, 0.3) is 0 Å². The van der Waals surface area contributed by atoms with E-state index in [2.05, 4.69) is 123 Å². The Bertz CT molecular complexity index is 1630. The lowest BCUT2D eigenvalue weighted by Gasteiger charge is -2.19. The lowest BCUT2D eigenvalue weighted by atomic mass is 10.0. The van der Waals surface area contributed by atoms with E-state index in [1.807, 2.05) is 0 Å². The van der Waals surface area contributed by atoms with E-state index < -0.39 is 26.5 Å². The molecule has 77 heavy (non-hydrogen) atoms. The van der Waals surface area contributed by atoms with E-state index in [-0.39, 0.29) is 38.6 Å². The smallest absolute Gasteiger partial charge is 0.462 e. The zero-order valence-electron chi connectivity index (χ0n) is 49.4. The van der Waals surface area contributed by atoms with E-state index in [0.29, 0.717) is 6.42 Å². The third-order valence-electron chi connectivity index (χ3n) is 13.2. The van der Waals surface area contributed by atoms with Crippen molar-refractivity contribution in [2.45, 2.75) is 277 Å². The lowest BCUT2D eigenvalue weighted by Crippen LogP contribution is -2.29. The summed E-state index contributed by atoms with van der Waals surface area (Å²) in [5, 5.41) is 0. The number of allylic oxidation sites excluding steroid dienone is 18. The first kappa shape index (κ1) is 73.7. The van der Waals surface area contributed by atoms with Crippen molar-refractivity contribution in [3.05, 3.63) is 109 Å². The maximum atomic E-state index is 12.7. The molecule has 10 heteroatoms. The summed E-state index contributed by atoms with van der Waals surface area (Å²) < 4.78 is 33.1. The molecule has 0 radical (unpaired) electrons. The van der Waals surface area contributed by atoms with Gasteiger partial charge < -0.3 is 20.1 Å². The molecule has 0 aromatic heterocycles. The van der Waals surface area contributed by atoms with Crippen LogP contribution in [0.15, 0.2) is 109 Å². The van der Waals surface area contributed by atoms with Crippen LogP contribution in [0.25, 0.3) is 0 Å². The molecule has 442 valence electrons. The molecule has 0 saturated heterocycles. The van der Waals surface area contributed by atoms with Crippen LogP contribution >= 0.6 is 7.82 Å². The predicted molar refractivity (Wildman–Crippen MR) is 330 cm³/mol. The maximum Gasteiger partial charge on any atom is 0.472 e. The first-order chi connectivity index (χ1) is 37.8. The van der Waals surface area contributed by atoms with Gasteiger partial charge in [-0.05, 0) is 83.5 Å². The zero-order chi connectivity index (χ0) is 55.9. The van der Waals surface area contributed by atoms with Crippen LogP contribution in [0.4, 0.5) is 0 Å². The Hall–Kier alpha value is -3.33. The highest BCUT2D eigenvalue weighted by molar-refractivity contribution is 7.47. The van der Waals surface area contributed by atoms with Crippen LogP contribution in [0, 0.1) is 0 Å². The Labute approximate surface area is 473 Å². The summed E-state index contributed by atoms with van der Waals surface area (Å²) in [6.07, 6.45) is 84.4. The zero-order valence-corrected chi connectivity index (χ0v) is 50.3. The van der Waals surface area contributed by atoms with Crippen LogP contribution in [0.1, 0.15) is 271 Å². The number of carbonyl (C=O) groups excluding carboxylic acids is 2. The molecule has 0 spiro atoms. The van der Waals surface area contributed by atoms with Gasteiger partial charge in [-0.25, -0.2) is 4.57 Å². The van der Waals surface area contributed by atoms with Gasteiger partial charge in [-0.3, -0.25) is 18.6 Å². The molecule has 0 saturated carbocycles. The molecule has 9 nitrogen and oxygen atoms in total. The second kappa shape index (κ2) is 61.9. The SMILES string of the molecule is CC/C=C\C/C=C\C/C=C\C/C=C\C/C=C\C/C=C\C/C=C\C/C=C\C/C=C\CCCCCCCC(=O)OC(COC(=O)CCCCCCCCCCCCCCCCCCCCCCCCC)COP(=O)(O)OCCN. The van der Waals surface area contributed by atoms with Crippen LogP contribution in [0.3, 0.4) is 0 Å². The quantitative estimate of drug-likeness (QED) is 0.0264. The van der Waals surface area contributed by atoms with Gasteiger partial charge in [0.05, 0.1) is 13.2 Å². The number of carbonyl (C=O) groups is 2. The van der Waals surface area contributed by atoms with E-state index in [4.69, 9.17) is 24.3 Å². The minimum Gasteiger partial charge on any atom is -0.462 e. The first-order valence-electron chi connectivity index (χ1n) is 31.4. The van der Waals surface area contributed by atoms with Gasteiger partial charge >= 0.3 is 19.8 Å². The van der Waals surface area contributed by atoms with Gasteiger partial charge in [0, 0.05) is 19.4 Å². The number of hydrogen-bond donors (Lipinski definition) is 2. The minimum absolute atomic E-state index is 0.0458. The van der Waals surface area contributed by atoms with Crippen LogP contribution < -0.4 is 5.73 Å². The Balaban J connectivity index is 4.03. The summed E-state index contributed by atoms with van der Waals surface area (Å²) in [5.74, 6) is -0.847.